The van der Waals surface area contributed by atoms with Crippen molar-refractivity contribution in [2.75, 3.05) is 0 Å². The third kappa shape index (κ3) is 3.37. The molecule has 6 heteroatoms. The largest absolute Gasteiger partial charge is 0.355 e. The van der Waals surface area contributed by atoms with Gasteiger partial charge < -0.3 is 9.97 Å². The van der Waals surface area contributed by atoms with E-state index in [0.29, 0.717) is 52.4 Å². The van der Waals surface area contributed by atoms with E-state index in [1.807, 2.05) is 0 Å². The van der Waals surface area contributed by atoms with Gasteiger partial charge in [-0.3, -0.25) is 0 Å². The van der Waals surface area contributed by atoms with Gasteiger partial charge in [-0.05, 0) is 108 Å². The van der Waals surface area contributed by atoms with Crippen molar-refractivity contribution < 1.29 is 0 Å². The number of aromatic amines is 2. The summed E-state index contributed by atoms with van der Waals surface area (Å²) >= 11 is 15.5. The molecule has 16 bridgehead atoms. The second-order valence-electron chi connectivity index (χ2n) is 16.4. The molecule has 4 nitrogen and oxygen atoms in total. The van der Waals surface area contributed by atoms with Crippen molar-refractivity contribution in [1.82, 2.24) is 19.9 Å². The second-order valence-corrected chi connectivity index (χ2v) is 17.2. The van der Waals surface area contributed by atoms with Gasteiger partial charge in [0.1, 0.15) is 0 Å². The van der Waals surface area contributed by atoms with Gasteiger partial charge >= 0.3 is 0 Å². The Kier molecular flexibility index (Phi) is 5.29. The van der Waals surface area contributed by atoms with Crippen LogP contribution in [0.2, 0.25) is 10.0 Å². The number of H-pyrrole nitrogens is 2. The lowest BCUT2D eigenvalue weighted by Gasteiger charge is -2.34. The molecule has 0 saturated heterocycles. The zero-order chi connectivity index (χ0) is 32.6. The molecule has 5 heterocycles. The van der Waals surface area contributed by atoms with E-state index >= 15 is 0 Å². The molecule has 0 radical (unpaired) electrons. The fourth-order valence-electron chi connectivity index (χ4n) is 12.1. The quantitative estimate of drug-likeness (QED) is 0.231. The summed E-state index contributed by atoms with van der Waals surface area (Å²) in [5.74, 6) is 2.91. The molecule has 12 aliphatic carbocycles. The second kappa shape index (κ2) is 9.52. The first-order chi connectivity index (χ1) is 24.6. The monoisotopic (exact) mass is 690 g/mol. The van der Waals surface area contributed by atoms with Crippen LogP contribution in [-0.4, -0.2) is 19.9 Å². The zero-order valence-corrected chi connectivity index (χ0v) is 29.2. The highest BCUT2D eigenvalue weighted by atomic mass is 35.5. The Morgan fingerprint density at radius 3 is 1.38 bits per heavy atom. The topological polar surface area (TPSA) is 57.4 Å². The Morgan fingerprint density at radius 2 is 0.820 bits per heavy atom. The number of fused-ring (bicyclic) bond motifs is 12. The number of nitrogens with one attached hydrogen (secondary N) is 2. The van der Waals surface area contributed by atoms with Crippen molar-refractivity contribution in [1.29, 1.82) is 0 Å². The van der Waals surface area contributed by atoms with Crippen LogP contribution < -0.4 is 0 Å². The molecular formula is C44H36Cl2N4. The molecule has 3 aromatic rings. The van der Waals surface area contributed by atoms with E-state index < -0.39 is 0 Å². The maximum atomic E-state index is 7.75. The summed E-state index contributed by atoms with van der Waals surface area (Å²) in [5, 5.41) is 1.44. The minimum atomic E-state index is 0.298. The highest BCUT2D eigenvalue weighted by Crippen LogP contribution is 2.58. The lowest BCUT2D eigenvalue weighted by Crippen LogP contribution is -2.19. The lowest BCUT2D eigenvalue weighted by atomic mass is 9.69. The van der Waals surface area contributed by atoms with E-state index in [0.717, 1.165) is 65.4 Å². The first kappa shape index (κ1) is 27.8. The van der Waals surface area contributed by atoms with Crippen LogP contribution in [0, 0.1) is 23.7 Å². The fourth-order valence-corrected chi connectivity index (χ4v) is 12.6. The van der Waals surface area contributed by atoms with Crippen molar-refractivity contribution in [2.45, 2.75) is 75.0 Å². The van der Waals surface area contributed by atoms with Gasteiger partial charge in [-0.1, -0.05) is 71.8 Å². The Balaban J connectivity index is 1.22. The van der Waals surface area contributed by atoms with Crippen molar-refractivity contribution in [2.24, 2.45) is 23.7 Å². The van der Waals surface area contributed by atoms with E-state index in [9.17, 15) is 0 Å². The molecule has 50 heavy (non-hydrogen) atoms. The molecule has 8 atom stereocenters. The molecule has 0 fully saturated rings. The van der Waals surface area contributed by atoms with Gasteiger partial charge in [0.2, 0.25) is 0 Å². The van der Waals surface area contributed by atoms with Crippen LogP contribution in [0.25, 0.3) is 44.4 Å². The predicted octanol–water partition coefficient (Wildman–Crippen LogP) is 11.7. The molecule has 0 aromatic carbocycles. The molecule has 2 N–H and O–H groups in total. The molecule has 3 aromatic heterocycles. The van der Waals surface area contributed by atoms with E-state index in [4.69, 9.17) is 33.2 Å². The highest BCUT2D eigenvalue weighted by molar-refractivity contribution is 6.37. The molecular weight excluding hydrogens is 655 g/mol. The molecule has 0 unspecified atom stereocenters. The number of allylic oxidation sites excluding steroid dienone is 12. The van der Waals surface area contributed by atoms with E-state index in [1.165, 1.54) is 80.4 Å². The number of nitrogens with zero attached hydrogens (tertiary/aromatic N) is 2. The van der Waals surface area contributed by atoms with Crippen LogP contribution in [0.1, 0.15) is 120 Å². The predicted molar refractivity (Wildman–Crippen MR) is 203 cm³/mol. The van der Waals surface area contributed by atoms with E-state index in [-0.39, 0.29) is 0 Å². The Morgan fingerprint density at radius 1 is 0.420 bits per heavy atom. The third-order valence-electron chi connectivity index (χ3n) is 14.2. The number of aromatic nitrogens is 4. The molecule has 246 valence electrons. The average Bonchev–Trinajstić information content (AvgIpc) is 3.97. The van der Waals surface area contributed by atoms with Crippen molar-refractivity contribution >= 4 is 67.6 Å². The summed E-state index contributed by atoms with van der Waals surface area (Å²) in [6, 6.07) is 4.81. The number of rotatable bonds is 0. The van der Waals surface area contributed by atoms with Gasteiger partial charge in [0, 0.05) is 63.9 Å². The highest BCUT2D eigenvalue weighted by Gasteiger charge is 2.43. The normalized spacial score (nSPS) is 32.7. The van der Waals surface area contributed by atoms with Crippen LogP contribution in [0.3, 0.4) is 0 Å². The molecule has 0 amide bonds. The van der Waals surface area contributed by atoms with Crippen molar-refractivity contribution in [3.05, 3.63) is 116 Å². The molecule has 17 rings (SSSR count). The van der Waals surface area contributed by atoms with Crippen molar-refractivity contribution in [3.8, 4) is 0 Å². The minimum absolute atomic E-state index is 0.298. The molecule has 14 aliphatic rings. The maximum Gasteiger partial charge on any atom is 0.0925 e. The third-order valence-corrected chi connectivity index (χ3v) is 14.9. The molecule has 2 aliphatic heterocycles. The number of hydrogen-bond acceptors (Lipinski definition) is 2. The van der Waals surface area contributed by atoms with Gasteiger partial charge in [0.25, 0.3) is 0 Å². The summed E-state index contributed by atoms with van der Waals surface area (Å²) in [6.45, 7) is 0. The summed E-state index contributed by atoms with van der Waals surface area (Å²) in [7, 11) is 0. The van der Waals surface area contributed by atoms with Crippen LogP contribution in [0.15, 0.2) is 60.7 Å². The van der Waals surface area contributed by atoms with Gasteiger partial charge in [-0.15, -0.1) is 0 Å². The molecule has 0 spiro atoms. The van der Waals surface area contributed by atoms with Crippen LogP contribution in [0.4, 0.5) is 0 Å². The van der Waals surface area contributed by atoms with E-state index in [2.05, 4.69) is 70.7 Å². The first-order valence-electron chi connectivity index (χ1n) is 19.0. The standard InChI is InChI=1S/C44H36Cl2N4/c45-39-41-35-23-9-5-21(6-10-23)33(35)29(48-41)17-27-31-19-1-2-20(4-3-19)32(31)28(47-27)18-30-34-22-7-11-24(12-8-22)36(34)42(49-30)40(46)44-38-26-15-13-25(14-16-26)37(38)43(39)50-44/h1-2,5,7,9,11,13,15,17-26,47-48H,3-4,6,8,10,12,14,16H2/t19-,20+,21+,22-,23-,24+,25+,26-/m0/s1. The van der Waals surface area contributed by atoms with Gasteiger partial charge in [0.15, 0.2) is 0 Å². The van der Waals surface area contributed by atoms with Crippen molar-refractivity contribution in [3.63, 3.8) is 0 Å². The summed E-state index contributed by atoms with van der Waals surface area (Å²) in [6.07, 6.45) is 28.7. The van der Waals surface area contributed by atoms with E-state index in [1.54, 1.807) is 0 Å². The van der Waals surface area contributed by atoms with Crippen LogP contribution in [-0.2, 0) is 0 Å². The number of hydrogen-bond donors (Lipinski definition) is 2. The smallest absolute Gasteiger partial charge is 0.0925 e. The Bertz CT molecular complexity index is 2530. The fraction of sp³-hybridized carbons (Fsp3) is 0.364. The SMILES string of the molecule is Clc1c2nc(cc3[nH]c(cc4[nH]c(c(Cl)c5nc1C1=C5[C@@H]5C=C[C@H]1CC5)c1c4[C@@H]4C=C[C@H]1CC4)c1c3[C@@H]3C=C[C@H]1CC3)C1=C2[C@@H]2C=C[C@H]1CC2. The summed E-state index contributed by atoms with van der Waals surface area (Å²) in [5.41, 5.74) is 19.5. The summed E-state index contributed by atoms with van der Waals surface area (Å²) in [4.78, 5) is 19.0. The maximum absolute atomic E-state index is 7.75. The van der Waals surface area contributed by atoms with Crippen LogP contribution >= 0.6 is 23.2 Å². The summed E-state index contributed by atoms with van der Waals surface area (Å²) < 4.78 is 0. The van der Waals surface area contributed by atoms with Gasteiger partial charge in [0.05, 0.1) is 38.3 Å². The Hall–Kier alpha value is -3.86. The number of halogens is 2. The Labute approximate surface area is 300 Å². The minimum Gasteiger partial charge on any atom is -0.355 e. The lowest BCUT2D eigenvalue weighted by molar-refractivity contribution is 0.557. The average molecular weight is 692 g/mol. The van der Waals surface area contributed by atoms with Crippen LogP contribution in [0.5, 0.6) is 0 Å². The van der Waals surface area contributed by atoms with Gasteiger partial charge in [-0.25, -0.2) is 9.97 Å². The zero-order valence-electron chi connectivity index (χ0n) is 27.7. The van der Waals surface area contributed by atoms with Gasteiger partial charge in [-0.2, -0.15) is 0 Å². The molecule has 0 saturated carbocycles. The first-order valence-corrected chi connectivity index (χ1v) is 19.8.